The van der Waals surface area contributed by atoms with Gasteiger partial charge in [-0.05, 0) is 23.0 Å². The zero-order valence-corrected chi connectivity index (χ0v) is 28.7. The minimum atomic E-state index is -7.22. The Morgan fingerprint density at radius 1 is 0.375 bits per heavy atom. The van der Waals surface area contributed by atoms with Crippen molar-refractivity contribution >= 4 is 51.5 Å². The van der Waals surface area contributed by atoms with E-state index in [4.69, 9.17) is 0 Å². The Hall–Kier alpha value is -4.54. The second-order valence-corrected chi connectivity index (χ2v) is 14.4. The van der Waals surface area contributed by atoms with E-state index in [0.29, 0.717) is 10.9 Å². The Labute approximate surface area is 308 Å². The molecule has 0 saturated carbocycles. The molecule has 0 amide bonds. The quantitative estimate of drug-likeness (QED) is 0.0437. The molecule has 0 aromatic heterocycles. The molecule has 0 spiro atoms. The molecule has 0 saturated heterocycles. The molecule has 0 aliphatic rings. The molecule has 0 fully saturated rings. The molecule has 0 N–H and O–H groups in total. The number of hydrogen-bond donors (Lipinski definition) is 1. The van der Waals surface area contributed by atoms with Gasteiger partial charge in [0.15, 0.2) is 69.8 Å². The number of hydrogen-bond acceptors (Lipinski definition) is 1. The normalized spacial score (nSPS) is 11.7. The van der Waals surface area contributed by atoms with Crippen LogP contribution in [0.4, 0.5) is 87.8 Å². The van der Waals surface area contributed by atoms with E-state index in [1.165, 1.54) is 11.3 Å². The Balaban J connectivity index is 0.000000544. The van der Waals surface area contributed by atoms with Gasteiger partial charge >= 0.3 is 0 Å². The number of thiol groups is 1. The molecule has 23 heteroatoms. The van der Waals surface area contributed by atoms with Crippen LogP contribution < -0.4 is 21.9 Å². The zero-order chi connectivity index (χ0) is 42.6. The standard InChI is InChI=1S/C24BF20.C9H12S2/c26-5-1(6(27)14(35)21(42)13(5)34)25(2-7(28)15(36)22(43)16(37)8(2)29,3-9(30)17(38)23(44)18(39)10(3)31)4-11(32)19(40)24(45)20(41)12(4)33;1-11(2)7-8-4-3-5-9(10)6-8/h;3-6H,7H2,1-2H3/q-1;/p+1. The smallest absolute Gasteiger partial charge is 0.200 e. The number of halogens is 20. The molecule has 5 aromatic carbocycles. The summed E-state index contributed by atoms with van der Waals surface area (Å²) in [5, 5.41) is 0. The molecule has 0 bridgehead atoms. The number of rotatable bonds is 6. The molecular weight excluding hydrogens is 851 g/mol. The first-order valence-corrected chi connectivity index (χ1v) is 17.1. The zero-order valence-electron chi connectivity index (χ0n) is 27.0. The first-order valence-electron chi connectivity index (χ1n) is 14.4. The average molecular weight is 864 g/mol. The third kappa shape index (κ3) is 6.93. The van der Waals surface area contributed by atoms with Crippen LogP contribution in [0.15, 0.2) is 29.2 Å². The molecule has 56 heavy (non-hydrogen) atoms. The van der Waals surface area contributed by atoms with Crippen molar-refractivity contribution in [3.63, 3.8) is 0 Å². The summed E-state index contributed by atoms with van der Waals surface area (Å²) in [4.78, 5) is 1.06. The van der Waals surface area contributed by atoms with E-state index in [9.17, 15) is 52.7 Å². The summed E-state index contributed by atoms with van der Waals surface area (Å²) >= 11 is 4.28. The van der Waals surface area contributed by atoms with E-state index in [0.717, 1.165) is 4.90 Å². The van der Waals surface area contributed by atoms with Crippen LogP contribution in [0.3, 0.4) is 0 Å². The van der Waals surface area contributed by atoms with Crippen molar-refractivity contribution in [1.82, 2.24) is 0 Å². The van der Waals surface area contributed by atoms with Gasteiger partial charge in [0.25, 0.3) is 0 Å². The Morgan fingerprint density at radius 2 is 0.589 bits per heavy atom. The van der Waals surface area contributed by atoms with Gasteiger partial charge in [-0.3, -0.25) is 0 Å². The molecule has 0 radical (unpaired) electrons. The summed E-state index contributed by atoms with van der Waals surface area (Å²) in [5.41, 5.74) is -12.9. The SMILES string of the molecule is C[S+](C)Cc1cccc(S)c1.Fc1c(F)c(F)c([B-](c2c(F)c(F)c(F)c(F)c2F)(c2c(F)c(F)c(F)c(F)c2F)c2c(F)c(F)c(F)c(F)c2F)c(F)c1F. The van der Waals surface area contributed by atoms with Crippen LogP contribution in [-0.2, 0) is 16.6 Å². The van der Waals surface area contributed by atoms with Crippen LogP contribution in [0, 0.1) is 116 Å². The average Bonchev–Trinajstić information content (AvgIpc) is 3.14. The highest BCUT2D eigenvalue weighted by Crippen LogP contribution is 2.30. The summed E-state index contributed by atoms with van der Waals surface area (Å²) < 4.78 is 294. The maximum absolute atomic E-state index is 15.4. The summed E-state index contributed by atoms with van der Waals surface area (Å²) in [7, 11) is 0.491. The van der Waals surface area contributed by atoms with Crippen molar-refractivity contribution in [2.45, 2.75) is 10.6 Å². The van der Waals surface area contributed by atoms with Gasteiger partial charge in [-0.15, -0.1) is 34.5 Å². The molecule has 0 nitrogen and oxygen atoms in total. The van der Waals surface area contributed by atoms with Crippen LogP contribution in [0.1, 0.15) is 5.56 Å². The predicted octanol–water partition coefficient (Wildman–Crippen LogP) is 8.20. The van der Waals surface area contributed by atoms with Gasteiger partial charge in [0.1, 0.15) is 58.4 Å². The fourth-order valence-electron chi connectivity index (χ4n) is 5.85. The second kappa shape index (κ2) is 16.1. The van der Waals surface area contributed by atoms with Gasteiger partial charge in [0.2, 0.25) is 0 Å². The van der Waals surface area contributed by atoms with Crippen LogP contribution in [0.2, 0.25) is 0 Å². The fraction of sp³-hybridized carbons (Fsp3) is 0.0909. The fourth-order valence-corrected chi connectivity index (χ4v) is 6.95. The Morgan fingerprint density at radius 3 is 0.786 bits per heavy atom. The Bertz CT molecular complexity index is 2020. The highest BCUT2D eigenvalue weighted by atomic mass is 32.2. The van der Waals surface area contributed by atoms with Crippen molar-refractivity contribution in [3.05, 3.63) is 146 Å². The minimum absolute atomic E-state index is 0.491. The van der Waals surface area contributed by atoms with Crippen molar-refractivity contribution < 1.29 is 87.8 Å². The number of benzene rings is 5. The van der Waals surface area contributed by atoms with Crippen LogP contribution in [0.25, 0.3) is 0 Å². The van der Waals surface area contributed by atoms with E-state index in [-0.39, 0.29) is 0 Å². The maximum atomic E-state index is 15.4. The molecule has 300 valence electrons. The van der Waals surface area contributed by atoms with Gasteiger partial charge < -0.3 is 0 Å². The largest absolute Gasteiger partial charge is 0.207 e. The molecule has 0 aliphatic heterocycles. The lowest BCUT2D eigenvalue weighted by Crippen LogP contribution is -2.81. The summed E-state index contributed by atoms with van der Waals surface area (Å²) in [6, 6.07) is 8.36. The van der Waals surface area contributed by atoms with Crippen molar-refractivity contribution in [1.29, 1.82) is 0 Å². The molecule has 0 aliphatic carbocycles. The van der Waals surface area contributed by atoms with Crippen molar-refractivity contribution in [3.8, 4) is 0 Å². The molecule has 0 atom stereocenters. The summed E-state index contributed by atoms with van der Waals surface area (Å²) in [5.74, 6) is -70.2. The second-order valence-electron chi connectivity index (χ2n) is 11.6. The molecule has 5 rings (SSSR count). The van der Waals surface area contributed by atoms with Crippen molar-refractivity contribution in [2.24, 2.45) is 0 Å². The molecule has 5 aromatic rings. The van der Waals surface area contributed by atoms with E-state index in [1.807, 2.05) is 6.07 Å². The first-order chi connectivity index (χ1) is 25.9. The van der Waals surface area contributed by atoms with E-state index < -0.39 is 144 Å². The van der Waals surface area contributed by atoms with E-state index >= 15 is 35.1 Å². The van der Waals surface area contributed by atoms with Gasteiger partial charge in [-0.2, -0.15) is 0 Å². The van der Waals surface area contributed by atoms with E-state index in [1.54, 1.807) is 0 Å². The third-order valence-corrected chi connectivity index (χ3v) is 9.26. The lowest BCUT2D eigenvalue weighted by atomic mass is 9.12. The first kappa shape index (κ1) is 44.2. The molecular formula is C33H13BF20S2. The maximum Gasteiger partial charge on any atom is 0.200 e. The van der Waals surface area contributed by atoms with Gasteiger partial charge in [0, 0.05) is 10.5 Å². The monoisotopic (exact) mass is 864 g/mol. The van der Waals surface area contributed by atoms with E-state index in [2.05, 4.69) is 43.3 Å². The Kier molecular flexibility index (Phi) is 12.7. The van der Waals surface area contributed by atoms with Crippen LogP contribution in [0.5, 0.6) is 0 Å². The van der Waals surface area contributed by atoms with Gasteiger partial charge in [-0.25, -0.2) is 87.8 Å². The highest BCUT2D eigenvalue weighted by Gasteiger charge is 2.52. The lowest BCUT2D eigenvalue weighted by molar-refractivity contribution is 0.378. The minimum Gasteiger partial charge on any atom is -0.207 e. The predicted molar refractivity (Wildman–Crippen MR) is 166 cm³/mol. The molecule has 0 unspecified atom stereocenters. The van der Waals surface area contributed by atoms with Crippen LogP contribution in [-0.4, -0.2) is 18.7 Å². The highest BCUT2D eigenvalue weighted by molar-refractivity contribution is 7.94. The molecule has 0 heterocycles. The summed E-state index contributed by atoms with van der Waals surface area (Å²) in [6.45, 7) is 0. The third-order valence-electron chi connectivity index (χ3n) is 8.07. The lowest BCUT2D eigenvalue weighted by Gasteiger charge is -2.44. The topological polar surface area (TPSA) is 0 Å². The summed E-state index contributed by atoms with van der Waals surface area (Å²) in [6.07, 6.45) is -2.71. The van der Waals surface area contributed by atoms with Crippen molar-refractivity contribution in [2.75, 3.05) is 12.5 Å². The van der Waals surface area contributed by atoms with Gasteiger partial charge in [0.05, 0.1) is 12.5 Å². The van der Waals surface area contributed by atoms with Crippen LogP contribution >= 0.6 is 12.6 Å². The van der Waals surface area contributed by atoms with Gasteiger partial charge in [-0.1, -0.05) is 12.1 Å².